The summed E-state index contributed by atoms with van der Waals surface area (Å²) in [6.07, 6.45) is 4.57. The van der Waals surface area contributed by atoms with Gasteiger partial charge in [-0.2, -0.15) is 0 Å². The third-order valence-corrected chi connectivity index (χ3v) is 3.44. The van der Waals surface area contributed by atoms with E-state index in [4.69, 9.17) is 5.73 Å². The van der Waals surface area contributed by atoms with Crippen LogP contribution in [0.5, 0.6) is 0 Å². The van der Waals surface area contributed by atoms with Crippen molar-refractivity contribution in [1.29, 1.82) is 0 Å². The number of nitrogens with two attached hydrogens (primary N) is 1. The third kappa shape index (κ3) is 3.47. The van der Waals surface area contributed by atoms with Crippen molar-refractivity contribution < 1.29 is 9.90 Å². The molecule has 0 aromatic heterocycles. The van der Waals surface area contributed by atoms with Crippen molar-refractivity contribution in [2.24, 2.45) is 17.1 Å². The number of rotatable bonds is 6. The summed E-state index contributed by atoms with van der Waals surface area (Å²) in [6.45, 7) is 3.46. The SMILES string of the molecule is CC(CNCC1(CO)CCCC1)C(N)=O. The first kappa shape index (κ1) is 12.5. The second kappa shape index (κ2) is 5.47. The van der Waals surface area contributed by atoms with E-state index in [1.165, 1.54) is 12.8 Å². The number of aliphatic hydroxyl groups excluding tert-OH is 1. The quantitative estimate of drug-likeness (QED) is 0.593. The maximum atomic E-state index is 10.8. The highest BCUT2D eigenvalue weighted by atomic mass is 16.3. The molecular formula is C11H22N2O2. The van der Waals surface area contributed by atoms with Crippen molar-refractivity contribution in [1.82, 2.24) is 5.32 Å². The molecule has 0 radical (unpaired) electrons. The van der Waals surface area contributed by atoms with Gasteiger partial charge in [-0.05, 0) is 12.8 Å². The fraction of sp³-hybridized carbons (Fsp3) is 0.909. The summed E-state index contributed by atoms with van der Waals surface area (Å²) in [4.78, 5) is 10.8. The number of nitrogens with one attached hydrogen (secondary N) is 1. The van der Waals surface area contributed by atoms with E-state index >= 15 is 0 Å². The number of amides is 1. The van der Waals surface area contributed by atoms with Gasteiger partial charge >= 0.3 is 0 Å². The van der Waals surface area contributed by atoms with Crippen LogP contribution in [0.25, 0.3) is 0 Å². The lowest BCUT2D eigenvalue weighted by Gasteiger charge is -2.27. The Hall–Kier alpha value is -0.610. The van der Waals surface area contributed by atoms with Crippen molar-refractivity contribution in [3.8, 4) is 0 Å². The molecule has 1 amide bonds. The maximum Gasteiger partial charge on any atom is 0.221 e. The predicted molar refractivity (Wildman–Crippen MR) is 59.2 cm³/mol. The summed E-state index contributed by atoms with van der Waals surface area (Å²) in [7, 11) is 0. The first-order chi connectivity index (χ1) is 7.09. The van der Waals surface area contributed by atoms with E-state index in [-0.39, 0.29) is 23.8 Å². The molecule has 1 rings (SSSR count). The van der Waals surface area contributed by atoms with Gasteiger partial charge in [0.25, 0.3) is 0 Å². The highest BCUT2D eigenvalue weighted by molar-refractivity contribution is 5.76. The van der Waals surface area contributed by atoms with Gasteiger partial charge in [0.05, 0.1) is 0 Å². The Balaban J connectivity index is 2.26. The van der Waals surface area contributed by atoms with Gasteiger partial charge in [0.1, 0.15) is 0 Å². The van der Waals surface area contributed by atoms with Crippen LogP contribution in [0, 0.1) is 11.3 Å². The van der Waals surface area contributed by atoms with Gasteiger partial charge in [0.15, 0.2) is 0 Å². The van der Waals surface area contributed by atoms with Crippen LogP contribution >= 0.6 is 0 Å². The molecule has 1 saturated carbocycles. The largest absolute Gasteiger partial charge is 0.396 e. The molecule has 0 saturated heterocycles. The maximum absolute atomic E-state index is 10.8. The highest BCUT2D eigenvalue weighted by Gasteiger charge is 2.32. The van der Waals surface area contributed by atoms with E-state index in [1.54, 1.807) is 0 Å². The van der Waals surface area contributed by atoms with E-state index in [2.05, 4.69) is 5.32 Å². The molecule has 4 N–H and O–H groups in total. The Morgan fingerprint density at radius 3 is 2.60 bits per heavy atom. The van der Waals surface area contributed by atoms with Crippen LogP contribution < -0.4 is 11.1 Å². The third-order valence-electron chi connectivity index (χ3n) is 3.44. The Kier molecular flexibility index (Phi) is 4.54. The van der Waals surface area contributed by atoms with E-state index in [9.17, 15) is 9.90 Å². The van der Waals surface area contributed by atoms with Gasteiger partial charge in [0.2, 0.25) is 5.91 Å². The summed E-state index contributed by atoms with van der Waals surface area (Å²) < 4.78 is 0. The minimum absolute atomic E-state index is 0.0529. The van der Waals surface area contributed by atoms with Crippen LogP contribution in [0.4, 0.5) is 0 Å². The minimum Gasteiger partial charge on any atom is -0.396 e. The lowest BCUT2D eigenvalue weighted by atomic mass is 9.87. The molecule has 0 aliphatic heterocycles. The monoisotopic (exact) mass is 214 g/mol. The summed E-state index contributed by atoms with van der Waals surface area (Å²) in [6, 6.07) is 0. The van der Waals surface area contributed by atoms with Crippen molar-refractivity contribution in [2.75, 3.05) is 19.7 Å². The fourth-order valence-electron chi connectivity index (χ4n) is 2.17. The predicted octanol–water partition coefficient (Wildman–Crippen LogP) is 0.250. The number of primary amides is 1. The van der Waals surface area contributed by atoms with E-state index in [0.717, 1.165) is 19.4 Å². The Labute approximate surface area is 91.2 Å². The smallest absolute Gasteiger partial charge is 0.221 e. The molecule has 0 aromatic rings. The minimum atomic E-state index is -0.271. The van der Waals surface area contributed by atoms with Crippen molar-refractivity contribution >= 4 is 5.91 Å². The van der Waals surface area contributed by atoms with Gasteiger partial charge in [-0.1, -0.05) is 19.8 Å². The van der Waals surface area contributed by atoms with Crippen molar-refractivity contribution in [3.63, 3.8) is 0 Å². The molecule has 0 heterocycles. The first-order valence-electron chi connectivity index (χ1n) is 5.70. The Bertz CT molecular complexity index is 213. The number of carbonyl (C=O) groups excluding carboxylic acids is 1. The van der Waals surface area contributed by atoms with Crippen LogP contribution in [0.2, 0.25) is 0 Å². The van der Waals surface area contributed by atoms with Gasteiger partial charge in [-0.3, -0.25) is 4.79 Å². The Morgan fingerprint density at radius 1 is 1.53 bits per heavy atom. The van der Waals surface area contributed by atoms with Crippen LogP contribution in [0.1, 0.15) is 32.6 Å². The molecule has 1 unspecified atom stereocenters. The molecule has 1 atom stereocenters. The summed E-state index contributed by atoms with van der Waals surface area (Å²) in [5, 5.41) is 12.6. The molecular weight excluding hydrogens is 192 g/mol. The highest BCUT2D eigenvalue weighted by Crippen LogP contribution is 2.36. The number of aliphatic hydroxyl groups is 1. The summed E-state index contributed by atoms with van der Waals surface area (Å²) >= 11 is 0. The molecule has 0 bridgehead atoms. The van der Waals surface area contributed by atoms with Gasteiger partial charge < -0.3 is 16.2 Å². The van der Waals surface area contributed by atoms with Crippen LogP contribution in [-0.2, 0) is 4.79 Å². The molecule has 0 spiro atoms. The second-order valence-electron chi connectivity index (χ2n) is 4.80. The fourth-order valence-corrected chi connectivity index (χ4v) is 2.17. The molecule has 4 nitrogen and oxygen atoms in total. The first-order valence-corrected chi connectivity index (χ1v) is 5.70. The zero-order chi connectivity index (χ0) is 11.3. The normalized spacial score (nSPS) is 21.5. The number of hydrogen-bond acceptors (Lipinski definition) is 3. The van der Waals surface area contributed by atoms with Crippen molar-refractivity contribution in [3.05, 3.63) is 0 Å². The zero-order valence-corrected chi connectivity index (χ0v) is 9.46. The average Bonchev–Trinajstić information content (AvgIpc) is 2.67. The van der Waals surface area contributed by atoms with Crippen LogP contribution in [0.15, 0.2) is 0 Å². The summed E-state index contributed by atoms with van der Waals surface area (Å²) in [5.41, 5.74) is 5.22. The van der Waals surface area contributed by atoms with E-state index in [1.807, 2.05) is 6.92 Å². The average molecular weight is 214 g/mol. The molecule has 0 aromatic carbocycles. The molecule has 1 aliphatic carbocycles. The topological polar surface area (TPSA) is 75.3 Å². The lowest BCUT2D eigenvalue weighted by Crippen LogP contribution is -2.39. The van der Waals surface area contributed by atoms with Gasteiger partial charge in [-0.25, -0.2) is 0 Å². The standard InChI is InChI=1S/C11H22N2O2/c1-9(10(12)15)6-13-7-11(8-14)4-2-3-5-11/h9,13-14H,2-8H2,1H3,(H2,12,15). The van der Waals surface area contributed by atoms with Crippen molar-refractivity contribution in [2.45, 2.75) is 32.6 Å². The van der Waals surface area contributed by atoms with Gasteiger partial charge in [-0.15, -0.1) is 0 Å². The van der Waals surface area contributed by atoms with E-state index < -0.39 is 0 Å². The Morgan fingerprint density at radius 2 is 2.13 bits per heavy atom. The lowest BCUT2D eigenvalue weighted by molar-refractivity contribution is -0.121. The molecule has 15 heavy (non-hydrogen) atoms. The molecule has 88 valence electrons. The van der Waals surface area contributed by atoms with Crippen LogP contribution in [-0.4, -0.2) is 30.7 Å². The molecule has 1 fully saturated rings. The number of carbonyl (C=O) groups is 1. The molecule has 4 heteroatoms. The zero-order valence-electron chi connectivity index (χ0n) is 9.46. The summed E-state index contributed by atoms with van der Waals surface area (Å²) in [5.74, 6) is -0.408. The van der Waals surface area contributed by atoms with E-state index in [0.29, 0.717) is 6.54 Å². The molecule has 1 aliphatic rings. The van der Waals surface area contributed by atoms with Gasteiger partial charge in [0, 0.05) is 31.0 Å². The second-order valence-corrected chi connectivity index (χ2v) is 4.80. The van der Waals surface area contributed by atoms with Crippen LogP contribution in [0.3, 0.4) is 0 Å². The number of hydrogen-bond donors (Lipinski definition) is 3.